The van der Waals surface area contributed by atoms with Crippen molar-refractivity contribution in [2.24, 2.45) is 5.73 Å². The number of benzene rings is 1. The molecule has 0 radical (unpaired) electrons. The lowest BCUT2D eigenvalue weighted by molar-refractivity contribution is 0.187. The number of carbonyl (C=O) groups is 1. The molecule has 1 saturated heterocycles. The minimum atomic E-state index is -0.332. The van der Waals surface area contributed by atoms with Crippen molar-refractivity contribution < 1.29 is 4.79 Å². The molecule has 2 aromatic rings. The predicted octanol–water partition coefficient (Wildman–Crippen LogP) is 3.24. The fraction of sp³-hybridized carbons (Fsp3) is 0.579. The van der Waals surface area contributed by atoms with Gasteiger partial charge in [0.1, 0.15) is 5.82 Å². The molecular formula is C19H29N5O. The summed E-state index contributed by atoms with van der Waals surface area (Å²) in [6, 6.07) is 6.13. The van der Waals surface area contributed by atoms with Crippen LogP contribution in [0, 0.1) is 6.92 Å². The molecule has 0 aliphatic carbocycles. The van der Waals surface area contributed by atoms with Gasteiger partial charge in [0.05, 0.1) is 17.1 Å². The van der Waals surface area contributed by atoms with Gasteiger partial charge < -0.3 is 20.9 Å². The minimum absolute atomic E-state index is 0.00290. The van der Waals surface area contributed by atoms with Crippen LogP contribution in [-0.2, 0) is 0 Å². The average Bonchev–Trinajstić information content (AvgIpc) is 3.25. The minimum Gasteiger partial charge on any atom is -0.340 e. The van der Waals surface area contributed by atoms with E-state index in [0.717, 1.165) is 49.1 Å². The lowest BCUT2D eigenvalue weighted by atomic mass is 9.94. The highest BCUT2D eigenvalue weighted by Gasteiger charge is 2.33. The van der Waals surface area contributed by atoms with Crippen molar-refractivity contribution in [3.63, 3.8) is 0 Å². The largest absolute Gasteiger partial charge is 0.340 e. The van der Waals surface area contributed by atoms with E-state index in [1.807, 2.05) is 11.0 Å². The van der Waals surface area contributed by atoms with Gasteiger partial charge in [-0.15, -0.1) is 0 Å². The van der Waals surface area contributed by atoms with Crippen molar-refractivity contribution in [3.05, 3.63) is 29.6 Å². The Morgan fingerprint density at radius 1 is 1.44 bits per heavy atom. The van der Waals surface area contributed by atoms with Crippen molar-refractivity contribution in [1.82, 2.24) is 20.2 Å². The van der Waals surface area contributed by atoms with E-state index >= 15 is 0 Å². The molecule has 1 atom stereocenters. The summed E-state index contributed by atoms with van der Waals surface area (Å²) in [5.74, 6) is 0.873. The molecule has 6 heteroatoms. The predicted molar refractivity (Wildman–Crippen MR) is 100 cm³/mol. The van der Waals surface area contributed by atoms with Crippen LogP contribution in [0.5, 0.6) is 0 Å². The van der Waals surface area contributed by atoms with E-state index < -0.39 is 0 Å². The van der Waals surface area contributed by atoms with Gasteiger partial charge >= 0.3 is 6.03 Å². The Morgan fingerprint density at radius 2 is 2.20 bits per heavy atom. The van der Waals surface area contributed by atoms with Crippen LogP contribution in [0.25, 0.3) is 11.0 Å². The van der Waals surface area contributed by atoms with Crippen LogP contribution in [0.2, 0.25) is 0 Å². The van der Waals surface area contributed by atoms with E-state index in [0.29, 0.717) is 6.54 Å². The SMILES string of the molecule is CCC(N)(CC)CNC(=O)N1CCCC1c1nc2ccc(C)cc2[nH]1. The number of amides is 2. The summed E-state index contributed by atoms with van der Waals surface area (Å²) in [6.07, 6.45) is 3.61. The van der Waals surface area contributed by atoms with Gasteiger partial charge in [-0.1, -0.05) is 19.9 Å². The van der Waals surface area contributed by atoms with Crippen LogP contribution in [0.15, 0.2) is 18.2 Å². The van der Waals surface area contributed by atoms with Crippen LogP contribution in [-0.4, -0.2) is 39.5 Å². The monoisotopic (exact) mass is 343 g/mol. The highest BCUT2D eigenvalue weighted by atomic mass is 16.2. The molecule has 1 aromatic heterocycles. The smallest absolute Gasteiger partial charge is 0.318 e. The summed E-state index contributed by atoms with van der Waals surface area (Å²) in [5.41, 5.74) is 9.15. The van der Waals surface area contributed by atoms with Gasteiger partial charge in [-0.05, 0) is 50.3 Å². The third-order valence-electron chi connectivity index (χ3n) is 5.48. The second kappa shape index (κ2) is 7.04. The molecule has 0 saturated carbocycles. The molecule has 0 bridgehead atoms. The molecule has 1 unspecified atom stereocenters. The molecule has 136 valence electrons. The maximum atomic E-state index is 12.7. The van der Waals surface area contributed by atoms with E-state index in [-0.39, 0.29) is 17.6 Å². The number of aryl methyl sites for hydroxylation is 1. The third kappa shape index (κ3) is 3.63. The fourth-order valence-electron chi connectivity index (χ4n) is 3.45. The lowest BCUT2D eigenvalue weighted by Crippen LogP contribution is -2.52. The number of nitrogens with zero attached hydrogens (tertiary/aromatic N) is 2. The van der Waals surface area contributed by atoms with Gasteiger partial charge in [0.15, 0.2) is 0 Å². The zero-order valence-corrected chi connectivity index (χ0v) is 15.4. The Kier molecular flexibility index (Phi) is 4.99. The maximum Gasteiger partial charge on any atom is 0.318 e. The third-order valence-corrected chi connectivity index (χ3v) is 5.48. The van der Waals surface area contributed by atoms with Gasteiger partial charge in [0, 0.05) is 18.6 Å². The van der Waals surface area contributed by atoms with Crippen LogP contribution in [0.4, 0.5) is 4.79 Å². The number of likely N-dealkylation sites (tertiary alicyclic amines) is 1. The quantitative estimate of drug-likeness (QED) is 0.779. The molecule has 6 nitrogen and oxygen atoms in total. The topological polar surface area (TPSA) is 87.0 Å². The van der Waals surface area contributed by atoms with Crippen molar-refractivity contribution in [1.29, 1.82) is 0 Å². The molecule has 1 aromatic carbocycles. The highest BCUT2D eigenvalue weighted by molar-refractivity contribution is 5.77. The number of H-pyrrole nitrogens is 1. The number of urea groups is 1. The van der Waals surface area contributed by atoms with Crippen LogP contribution in [0.1, 0.15) is 57.0 Å². The molecule has 0 spiro atoms. The standard InChI is InChI=1S/C19H29N5O/c1-4-19(20,5-2)12-21-18(25)24-10-6-7-16(24)17-22-14-9-8-13(3)11-15(14)23-17/h8-9,11,16H,4-7,10,12,20H2,1-3H3,(H,21,25)(H,22,23). The number of nitrogens with two attached hydrogens (primary N) is 1. The van der Waals surface area contributed by atoms with Gasteiger partial charge in [-0.2, -0.15) is 0 Å². The van der Waals surface area contributed by atoms with Gasteiger partial charge in [-0.3, -0.25) is 0 Å². The zero-order chi connectivity index (χ0) is 18.0. The zero-order valence-electron chi connectivity index (χ0n) is 15.4. The second-order valence-electron chi connectivity index (χ2n) is 7.22. The molecule has 2 amide bonds. The summed E-state index contributed by atoms with van der Waals surface area (Å²) in [7, 11) is 0. The molecule has 1 fully saturated rings. The van der Waals surface area contributed by atoms with Crippen molar-refractivity contribution >= 4 is 17.1 Å². The number of hydrogen-bond acceptors (Lipinski definition) is 3. The van der Waals surface area contributed by atoms with E-state index in [9.17, 15) is 4.79 Å². The number of fused-ring (bicyclic) bond motifs is 1. The Balaban J connectivity index is 1.74. The average molecular weight is 343 g/mol. The summed E-state index contributed by atoms with van der Waals surface area (Å²) in [4.78, 5) is 22.7. The molecule has 1 aliphatic rings. The Morgan fingerprint density at radius 3 is 2.92 bits per heavy atom. The first kappa shape index (κ1) is 17.7. The van der Waals surface area contributed by atoms with E-state index in [1.165, 1.54) is 5.56 Å². The second-order valence-corrected chi connectivity index (χ2v) is 7.22. The first-order chi connectivity index (χ1) is 12.0. The van der Waals surface area contributed by atoms with Gasteiger partial charge in [-0.25, -0.2) is 9.78 Å². The number of hydrogen-bond donors (Lipinski definition) is 3. The highest BCUT2D eigenvalue weighted by Crippen LogP contribution is 2.31. The number of carbonyl (C=O) groups excluding carboxylic acids is 1. The normalized spacial score (nSPS) is 18.1. The molecule has 2 heterocycles. The Bertz CT molecular complexity index is 749. The number of aromatic amines is 1. The number of imidazole rings is 1. The summed E-state index contributed by atoms with van der Waals surface area (Å²) < 4.78 is 0. The molecule has 3 rings (SSSR count). The Labute approximate surface area is 149 Å². The number of nitrogens with one attached hydrogen (secondary N) is 2. The van der Waals surface area contributed by atoms with Crippen molar-refractivity contribution in [2.45, 2.75) is 58.0 Å². The first-order valence-electron chi connectivity index (χ1n) is 9.25. The molecule has 1 aliphatic heterocycles. The lowest BCUT2D eigenvalue weighted by Gasteiger charge is -2.29. The van der Waals surface area contributed by atoms with Crippen LogP contribution in [0.3, 0.4) is 0 Å². The van der Waals surface area contributed by atoms with Crippen molar-refractivity contribution in [2.75, 3.05) is 13.1 Å². The van der Waals surface area contributed by atoms with E-state index in [1.54, 1.807) is 0 Å². The van der Waals surface area contributed by atoms with Crippen LogP contribution >= 0.6 is 0 Å². The fourth-order valence-corrected chi connectivity index (χ4v) is 3.45. The summed E-state index contributed by atoms with van der Waals surface area (Å²) in [6.45, 7) is 7.44. The molecule has 25 heavy (non-hydrogen) atoms. The van der Waals surface area contributed by atoms with Crippen LogP contribution < -0.4 is 11.1 Å². The maximum absolute atomic E-state index is 12.7. The summed E-state index contributed by atoms with van der Waals surface area (Å²) in [5, 5.41) is 3.03. The van der Waals surface area contributed by atoms with Gasteiger partial charge in [0.2, 0.25) is 0 Å². The van der Waals surface area contributed by atoms with E-state index in [4.69, 9.17) is 10.7 Å². The Hall–Kier alpha value is -2.08. The van der Waals surface area contributed by atoms with E-state index in [2.05, 4.69) is 43.2 Å². The number of aromatic nitrogens is 2. The first-order valence-corrected chi connectivity index (χ1v) is 9.25. The number of rotatable bonds is 5. The molecular weight excluding hydrogens is 314 g/mol. The van der Waals surface area contributed by atoms with Gasteiger partial charge in [0.25, 0.3) is 0 Å². The summed E-state index contributed by atoms with van der Waals surface area (Å²) >= 11 is 0. The van der Waals surface area contributed by atoms with Crippen molar-refractivity contribution in [3.8, 4) is 0 Å². The molecule has 4 N–H and O–H groups in total.